The van der Waals surface area contributed by atoms with Gasteiger partial charge in [-0.3, -0.25) is 0 Å². The van der Waals surface area contributed by atoms with Gasteiger partial charge >= 0.3 is 0 Å². The Kier molecular flexibility index (Phi) is 3.76. The van der Waals surface area contributed by atoms with Gasteiger partial charge in [-0.2, -0.15) is 10.1 Å². The molecule has 142 valence electrons. The maximum atomic E-state index is 6.61. The molecule has 7 heteroatoms. The molecule has 0 saturated carbocycles. The van der Waals surface area contributed by atoms with Crippen molar-refractivity contribution >= 4 is 34.6 Å². The van der Waals surface area contributed by atoms with Crippen molar-refractivity contribution in [1.82, 2.24) is 14.8 Å². The van der Waals surface area contributed by atoms with Crippen LogP contribution < -0.4 is 10.1 Å². The normalized spacial score (nSPS) is 19.6. The third kappa shape index (κ3) is 2.53. The summed E-state index contributed by atoms with van der Waals surface area (Å²) in [5, 5.41) is 10.8. The molecule has 0 spiro atoms. The lowest BCUT2D eigenvalue weighted by atomic mass is 9.87. The largest absolute Gasteiger partial charge is 0.480 e. The van der Waals surface area contributed by atoms with Gasteiger partial charge in [-0.1, -0.05) is 48.0 Å². The van der Waals surface area contributed by atoms with Crippen LogP contribution in [0.15, 0.2) is 77.9 Å². The molecular weight excluding hydrogens is 404 g/mol. The molecule has 0 amide bonds. The third-order valence-electron chi connectivity index (χ3n) is 5.32. The molecule has 1 N–H and O–H groups in total. The molecule has 6 rings (SSSR count). The highest BCUT2D eigenvalue weighted by molar-refractivity contribution is 7.10. The van der Waals surface area contributed by atoms with Gasteiger partial charge in [0.05, 0.1) is 5.70 Å². The van der Waals surface area contributed by atoms with Gasteiger partial charge < -0.3 is 10.1 Å². The molecule has 4 aromatic rings. The van der Waals surface area contributed by atoms with E-state index >= 15 is 0 Å². The number of rotatable bonds is 2. The van der Waals surface area contributed by atoms with Crippen molar-refractivity contribution in [3.05, 3.63) is 99.0 Å². The smallest absolute Gasteiger partial charge is 0.226 e. The number of anilines is 1. The van der Waals surface area contributed by atoms with Gasteiger partial charge in [-0.25, -0.2) is 4.68 Å². The Hall–Kier alpha value is -3.09. The molecular formula is C22H15ClN4OS. The van der Waals surface area contributed by atoms with Crippen molar-refractivity contribution in [2.24, 2.45) is 0 Å². The standard InChI is InChI=1S/C22H15ClN4OS/c23-15-8-3-1-6-13(15)21-18-19(14-7-2-4-9-16(14)28-21)26-22-24-12-25-27(22)20(18)17-10-5-11-29-17/h1-12,20-21H,(H,24,25,26)/t20-,21-/m1/s1. The van der Waals surface area contributed by atoms with Gasteiger partial charge in [-0.05, 0) is 29.6 Å². The van der Waals surface area contributed by atoms with E-state index in [0.717, 1.165) is 34.1 Å². The van der Waals surface area contributed by atoms with Crippen molar-refractivity contribution in [2.45, 2.75) is 12.1 Å². The fraction of sp³-hybridized carbons (Fsp3) is 0.0909. The van der Waals surface area contributed by atoms with E-state index in [4.69, 9.17) is 16.3 Å². The van der Waals surface area contributed by atoms with Crippen molar-refractivity contribution in [2.75, 3.05) is 5.32 Å². The Bertz CT molecular complexity index is 1250. The summed E-state index contributed by atoms with van der Waals surface area (Å²) in [7, 11) is 0. The first-order valence-electron chi connectivity index (χ1n) is 9.26. The molecule has 0 bridgehead atoms. The number of ether oxygens (including phenoxy) is 1. The molecule has 0 saturated heterocycles. The quantitative estimate of drug-likeness (QED) is 0.463. The fourth-order valence-electron chi connectivity index (χ4n) is 4.08. The van der Waals surface area contributed by atoms with Gasteiger partial charge in [0.1, 0.15) is 18.1 Å². The SMILES string of the molecule is Clc1ccccc1[C@H]1Oc2ccccc2C2=C1[C@@H](c1cccs1)n1ncnc1N2. The summed E-state index contributed by atoms with van der Waals surface area (Å²) >= 11 is 8.31. The van der Waals surface area contributed by atoms with Crippen LogP contribution in [-0.2, 0) is 0 Å². The Morgan fingerprint density at radius 2 is 1.90 bits per heavy atom. The molecule has 2 atom stereocenters. The lowest BCUT2D eigenvalue weighted by molar-refractivity contribution is 0.223. The third-order valence-corrected chi connectivity index (χ3v) is 6.59. The minimum atomic E-state index is -0.342. The molecule has 5 nitrogen and oxygen atoms in total. The fourth-order valence-corrected chi connectivity index (χ4v) is 5.15. The molecule has 0 unspecified atom stereocenters. The van der Waals surface area contributed by atoms with Crippen molar-refractivity contribution in [3.63, 3.8) is 0 Å². The van der Waals surface area contributed by atoms with E-state index in [9.17, 15) is 0 Å². The number of hydrogen-bond donors (Lipinski definition) is 1. The molecule has 2 aliphatic rings. The summed E-state index contributed by atoms with van der Waals surface area (Å²) in [5.41, 5.74) is 4.04. The monoisotopic (exact) mass is 418 g/mol. The average Bonchev–Trinajstić information content (AvgIpc) is 3.44. The number of aromatic nitrogens is 3. The number of halogens is 1. The number of hydrogen-bond acceptors (Lipinski definition) is 5. The summed E-state index contributed by atoms with van der Waals surface area (Å²) in [4.78, 5) is 5.61. The van der Waals surface area contributed by atoms with Gasteiger partial charge in [0.25, 0.3) is 0 Å². The van der Waals surface area contributed by atoms with Crippen LogP contribution in [0.1, 0.15) is 28.1 Å². The zero-order valence-corrected chi connectivity index (χ0v) is 16.7. The Labute approximate surface area is 176 Å². The van der Waals surface area contributed by atoms with Gasteiger partial charge in [-0.15, -0.1) is 11.3 Å². The maximum absolute atomic E-state index is 6.61. The first kappa shape index (κ1) is 16.8. The predicted molar refractivity (Wildman–Crippen MR) is 114 cm³/mol. The second kappa shape index (κ2) is 6.47. The van der Waals surface area contributed by atoms with Crippen LogP contribution in [0.5, 0.6) is 5.75 Å². The number of nitrogens with one attached hydrogen (secondary N) is 1. The molecule has 0 fully saturated rings. The van der Waals surface area contributed by atoms with E-state index in [1.807, 2.05) is 47.1 Å². The first-order valence-corrected chi connectivity index (χ1v) is 10.5. The number of benzene rings is 2. The second-order valence-electron chi connectivity index (χ2n) is 6.92. The second-order valence-corrected chi connectivity index (χ2v) is 8.30. The van der Waals surface area contributed by atoms with Gasteiger partial charge in [0.15, 0.2) is 6.10 Å². The lowest BCUT2D eigenvalue weighted by Gasteiger charge is -2.38. The summed E-state index contributed by atoms with van der Waals surface area (Å²) in [6, 6.07) is 20.0. The number of para-hydroxylation sites is 1. The van der Waals surface area contributed by atoms with E-state index in [1.165, 1.54) is 4.88 Å². The van der Waals surface area contributed by atoms with Crippen LogP contribution in [-0.4, -0.2) is 14.8 Å². The van der Waals surface area contributed by atoms with Crippen molar-refractivity contribution in [1.29, 1.82) is 0 Å². The van der Waals surface area contributed by atoms with E-state index < -0.39 is 0 Å². The zero-order chi connectivity index (χ0) is 19.4. The minimum absolute atomic E-state index is 0.127. The molecule has 2 aromatic heterocycles. The van der Waals surface area contributed by atoms with E-state index in [0.29, 0.717) is 5.02 Å². The van der Waals surface area contributed by atoms with E-state index in [2.05, 4.69) is 39.0 Å². The maximum Gasteiger partial charge on any atom is 0.226 e. The summed E-state index contributed by atoms with van der Waals surface area (Å²) in [5.74, 6) is 1.54. The molecule has 0 radical (unpaired) electrons. The van der Waals surface area contributed by atoms with Gasteiger partial charge in [0, 0.05) is 26.6 Å². The highest BCUT2D eigenvalue weighted by atomic mass is 35.5. The molecule has 2 aliphatic heterocycles. The molecule has 0 aliphatic carbocycles. The lowest BCUT2D eigenvalue weighted by Crippen LogP contribution is -2.32. The van der Waals surface area contributed by atoms with Crippen LogP contribution in [0, 0.1) is 0 Å². The molecule has 2 aromatic carbocycles. The predicted octanol–water partition coefficient (Wildman–Crippen LogP) is 5.55. The summed E-state index contributed by atoms with van der Waals surface area (Å²) < 4.78 is 8.47. The van der Waals surface area contributed by atoms with Crippen LogP contribution in [0.2, 0.25) is 5.02 Å². The van der Waals surface area contributed by atoms with Gasteiger partial charge in [0.2, 0.25) is 5.95 Å². The van der Waals surface area contributed by atoms with E-state index in [-0.39, 0.29) is 12.1 Å². The Morgan fingerprint density at radius 3 is 2.76 bits per heavy atom. The number of thiophene rings is 1. The topological polar surface area (TPSA) is 52.0 Å². The number of nitrogens with zero attached hydrogens (tertiary/aromatic N) is 3. The summed E-state index contributed by atoms with van der Waals surface area (Å²) in [6.45, 7) is 0. The van der Waals surface area contributed by atoms with Crippen LogP contribution in [0.3, 0.4) is 0 Å². The Morgan fingerprint density at radius 1 is 1.03 bits per heavy atom. The van der Waals surface area contributed by atoms with E-state index in [1.54, 1.807) is 17.7 Å². The first-order chi connectivity index (χ1) is 14.3. The van der Waals surface area contributed by atoms with Crippen molar-refractivity contribution < 1.29 is 4.74 Å². The number of fused-ring (bicyclic) bond motifs is 3. The highest BCUT2D eigenvalue weighted by Crippen LogP contribution is 2.51. The molecule has 4 heterocycles. The summed E-state index contributed by atoms with van der Waals surface area (Å²) in [6.07, 6.45) is 1.24. The Balaban J connectivity index is 1.66. The van der Waals surface area contributed by atoms with Crippen LogP contribution >= 0.6 is 22.9 Å². The average molecular weight is 419 g/mol. The molecule has 29 heavy (non-hydrogen) atoms. The van der Waals surface area contributed by atoms with Crippen molar-refractivity contribution in [3.8, 4) is 5.75 Å². The highest BCUT2D eigenvalue weighted by Gasteiger charge is 2.41. The minimum Gasteiger partial charge on any atom is -0.480 e. The van der Waals surface area contributed by atoms with Crippen LogP contribution in [0.4, 0.5) is 5.95 Å². The van der Waals surface area contributed by atoms with Crippen LogP contribution in [0.25, 0.3) is 5.70 Å². The zero-order valence-electron chi connectivity index (χ0n) is 15.1.